The highest BCUT2D eigenvalue weighted by Crippen LogP contribution is 2.27. The average molecular weight is 412 g/mol. The van der Waals surface area contributed by atoms with E-state index < -0.39 is 0 Å². The van der Waals surface area contributed by atoms with Crippen molar-refractivity contribution in [3.8, 4) is 17.1 Å². The summed E-state index contributed by atoms with van der Waals surface area (Å²) in [5.74, 6) is 3.32. The van der Waals surface area contributed by atoms with Crippen LogP contribution in [0.1, 0.15) is 12.8 Å². The lowest BCUT2D eigenvalue weighted by molar-refractivity contribution is -0.119. The molecular formula is C20H21N5OS2. The molecule has 1 fully saturated rings. The quantitative estimate of drug-likeness (QED) is 0.627. The highest BCUT2D eigenvalue weighted by Gasteiger charge is 2.19. The monoisotopic (exact) mass is 411 g/mol. The number of hydrogen-bond acceptors (Lipinski definition) is 6. The van der Waals surface area contributed by atoms with Crippen molar-refractivity contribution in [2.75, 3.05) is 17.3 Å². The lowest BCUT2D eigenvalue weighted by atomic mass is 10.1. The molecule has 0 bridgehead atoms. The van der Waals surface area contributed by atoms with Gasteiger partial charge in [-0.2, -0.15) is 11.8 Å². The van der Waals surface area contributed by atoms with Gasteiger partial charge in [0.1, 0.15) is 0 Å². The number of amides is 1. The van der Waals surface area contributed by atoms with Gasteiger partial charge in [-0.15, -0.1) is 10.2 Å². The van der Waals surface area contributed by atoms with Gasteiger partial charge in [-0.3, -0.25) is 14.3 Å². The Morgan fingerprint density at radius 1 is 1.14 bits per heavy atom. The van der Waals surface area contributed by atoms with Gasteiger partial charge in [0.05, 0.1) is 5.75 Å². The van der Waals surface area contributed by atoms with Crippen LogP contribution in [0.2, 0.25) is 0 Å². The Morgan fingerprint density at radius 2 is 1.96 bits per heavy atom. The van der Waals surface area contributed by atoms with Crippen molar-refractivity contribution in [1.82, 2.24) is 25.1 Å². The van der Waals surface area contributed by atoms with Gasteiger partial charge in [-0.1, -0.05) is 30.0 Å². The number of aromatic nitrogens is 4. The number of carbonyl (C=O) groups excluding carboxylic acids is 1. The zero-order chi connectivity index (χ0) is 19.2. The van der Waals surface area contributed by atoms with E-state index in [-0.39, 0.29) is 5.91 Å². The molecule has 2 aromatic heterocycles. The number of nitrogens with zero attached hydrogens (tertiary/aromatic N) is 4. The second-order valence-electron chi connectivity index (χ2n) is 6.46. The minimum Gasteiger partial charge on any atom is -0.353 e. The molecule has 28 heavy (non-hydrogen) atoms. The predicted molar refractivity (Wildman–Crippen MR) is 114 cm³/mol. The molecule has 0 aliphatic carbocycles. The van der Waals surface area contributed by atoms with E-state index >= 15 is 0 Å². The molecule has 3 heterocycles. The number of carbonyl (C=O) groups is 1. The van der Waals surface area contributed by atoms with Crippen LogP contribution in [0.5, 0.6) is 0 Å². The minimum absolute atomic E-state index is 0.0486. The summed E-state index contributed by atoms with van der Waals surface area (Å²) in [5, 5.41) is 12.6. The van der Waals surface area contributed by atoms with Crippen LogP contribution in [0.3, 0.4) is 0 Å². The van der Waals surface area contributed by atoms with Crippen LogP contribution >= 0.6 is 23.5 Å². The number of rotatable bonds is 6. The highest BCUT2D eigenvalue weighted by molar-refractivity contribution is 7.99. The number of nitrogens with one attached hydrogen (secondary N) is 1. The maximum Gasteiger partial charge on any atom is 0.230 e. The van der Waals surface area contributed by atoms with Gasteiger partial charge >= 0.3 is 0 Å². The minimum atomic E-state index is 0.0486. The Bertz CT molecular complexity index is 911. The van der Waals surface area contributed by atoms with Gasteiger partial charge in [0.15, 0.2) is 11.0 Å². The van der Waals surface area contributed by atoms with Crippen LogP contribution < -0.4 is 5.32 Å². The first kappa shape index (κ1) is 19.0. The summed E-state index contributed by atoms with van der Waals surface area (Å²) in [7, 11) is 0. The van der Waals surface area contributed by atoms with Crippen molar-refractivity contribution in [3.63, 3.8) is 0 Å². The molecule has 0 atom stereocenters. The first-order valence-electron chi connectivity index (χ1n) is 9.22. The molecule has 0 radical (unpaired) electrons. The van der Waals surface area contributed by atoms with Crippen LogP contribution in [0.15, 0.2) is 60.0 Å². The van der Waals surface area contributed by atoms with Crippen molar-refractivity contribution < 1.29 is 4.79 Å². The zero-order valence-electron chi connectivity index (χ0n) is 15.3. The Morgan fingerprint density at radius 3 is 2.71 bits per heavy atom. The van der Waals surface area contributed by atoms with Crippen LogP contribution in [-0.2, 0) is 4.79 Å². The van der Waals surface area contributed by atoms with Gasteiger partial charge in [-0.25, -0.2) is 0 Å². The third kappa shape index (κ3) is 4.56. The van der Waals surface area contributed by atoms with E-state index in [0.29, 0.717) is 22.8 Å². The molecule has 1 N–H and O–H groups in total. The Labute approximate surface area is 172 Å². The fraction of sp³-hybridized carbons (Fsp3) is 0.300. The molecule has 1 aliphatic heterocycles. The van der Waals surface area contributed by atoms with E-state index in [9.17, 15) is 4.79 Å². The SMILES string of the molecule is O=C(CSc1nnc(-c2cccnc2)n1-c1ccccc1)NC1CCSCC1. The number of pyridine rings is 1. The highest BCUT2D eigenvalue weighted by atomic mass is 32.2. The lowest BCUT2D eigenvalue weighted by Gasteiger charge is -2.22. The van der Waals surface area contributed by atoms with Crippen LogP contribution in [-0.4, -0.2) is 49.0 Å². The number of benzene rings is 1. The van der Waals surface area contributed by atoms with Crippen molar-refractivity contribution in [3.05, 3.63) is 54.9 Å². The van der Waals surface area contributed by atoms with Crippen LogP contribution in [0.25, 0.3) is 17.1 Å². The van der Waals surface area contributed by atoms with Crippen molar-refractivity contribution in [2.24, 2.45) is 0 Å². The summed E-state index contributed by atoms with van der Waals surface area (Å²) in [6.07, 6.45) is 5.60. The molecule has 0 unspecified atom stereocenters. The summed E-state index contributed by atoms with van der Waals surface area (Å²) in [6.45, 7) is 0. The fourth-order valence-corrected chi connectivity index (χ4v) is 4.97. The number of thioether (sulfide) groups is 2. The zero-order valence-corrected chi connectivity index (χ0v) is 17.0. The summed E-state index contributed by atoms with van der Waals surface area (Å²) in [6, 6.07) is 14.1. The molecule has 1 amide bonds. The van der Waals surface area contributed by atoms with Gasteiger partial charge in [-0.05, 0) is 48.6 Å². The maximum absolute atomic E-state index is 12.4. The van der Waals surface area contributed by atoms with Crippen LogP contribution in [0.4, 0.5) is 0 Å². The van der Waals surface area contributed by atoms with Crippen molar-refractivity contribution in [2.45, 2.75) is 24.0 Å². The molecule has 4 rings (SSSR count). The van der Waals surface area contributed by atoms with E-state index in [2.05, 4.69) is 20.5 Å². The molecule has 144 valence electrons. The topological polar surface area (TPSA) is 72.7 Å². The standard InChI is InChI=1S/C20H21N5OS2/c26-18(22-16-8-11-27-12-9-16)14-28-20-24-23-19(15-5-4-10-21-13-15)25(20)17-6-2-1-3-7-17/h1-7,10,13,16H,8-9,11-12,14H2,(H,22,26). The Kier molecular flexibility index (Phi) is 6.28. The lowest BCUT2D eigenvalue weighted by Crippen LogP contribution is -2.38. The molecule has 1 saturated heterocycles. The summed E-state index contributed by atoms with van der Waals surface area (Å²) in [4.78, 5) is 16.6. The van der Waals surface area contributed by atoms with Gasteiger partial charge in [0.2, 0.25) is 5.91 Å². The van der Waals surface area contributed by atoms with E-state index in [4.69, 9.17) is 0 Å². The molecule has 1 aliphatic rings. The molecule has 0 spiro atoms. The first-order chi connectivity index (χ1) is 13.8. The maximum atomic E-state index is 12.4. The van der Waals surface area contributed by atoms with E-state index in [1.807, 2.05) is 58.8 Å². The molecule has 1 aromatic carbocycles. The molecule has 8 heteroatoms. The second kappa shape index (κ2) is 9.25. The van der Waals surface area contributed by atoms with Gasteiger partial charge in [0, 0.05) is 29.7 Å². The average Bonchev–Trinajstić information content (AvgIpc) is 3.18. The van der Waals surface area contributed by atoms with Gasteiger partial charge < -0.3 is 5.32 Å². The number of para-hydroxylation sites is 1. The summed E-state index contributed by atoms with van der Waals surface area (Å²) >= 11 is 3.36. The molecular weight excluding hydrogens is 390 g/mol. The third-order valence-electron chi connectivity index (χ3n) is 4.49. The Balaban J connectivity index is 1.53. The van der Waals surface area contributed by atoms with Crippen molar-refractivity contribution >= 4 is 29.4 Å². The largest absolute Gasteiger partial charge is 0.353 e. The second-order valence-corrected chi connectivity index (χ2v) is 8.63. The first-order valence-corrected chi connectivity index (χ1v) is 11.4. The fourth-order valence-electron chi connectivity index (χ4n) is 3.10. The summed E-state index contributed by atoms with van der Waals surface area (Å²) in [5.41, 5.74) is 1.84. The predicted octanol–water partition coefficient (Wildman–Crippen LogP) is 3.43. The molecule has 0 saturated carbocycles. The smallest absolute Gasteiger partial charge is 0.230 e. The van der Waals surface area contributed by atoms with Gasteiger partial charge in [0.25, 0.3) is 0 Å². The number of hydrogen-bond donors (Lipinski definition) is 1. The van der Waals surface area contributed by atoms with E-state index in [1.165, 1.54) is 11.8 Å². The van der Waals surface area contributed by atoms with E-state index in [0.717, 1.165) is 35.6 Å². The molecule has 6 nitrogen and oxygen atoms in total. The normalized spacial score (nSPS) is 14.7. The van der Waals surface area contributed by atoms with E-state index in [1.54, 1.807) is 12.4 Å². The van der Waals surface area contributed by atoms with Crippen molar-refractivity contribution in [1.29, 1.82) is 0 Å². The molecule has 3 aromatic rings. The summed E-state index contributed by atoms with van der Waals surface area (Å²) < 4.78 is 1.98. The Hall–Kier alpha value is -2.32. The van der Waals surface area contributed by atoms with Crippen LogP contribution in [0, 0.1) is 0 Å². The third-order valence-corrected chi connectivity index (χ3v) is 6.46.